The number of nitrogens with two attached hydrogens (primary N) is 1. The molecule has 1 aliphatic heterocycles. The van der Waals surface area contributed by atoms with Gasteiger partial charge in [-0.2, -0.15) is 13.2 Å². The molecular weight excluding hydrogens is 654 g/mol. The fraction of sp³-hybridized carbons (Fsp3) is 0.265. The second kappa shape index (κ2) is 16.7. The molecule has 6 nitrogen and oxygen atoms in total. The van der Waals surface area contributed by atoms with Gasteiger partial charge in [0.15, 0.2) is 7.28 Å². The number of nitrogens with zero attached hydrogens (tertiary/aromatic N) is 2. The molecule has 0 amide bonds. The van der Waals surface area contributed by atoms with Crippen molar-refractivity contribution in [3.63, 3.8) is 0 Å². The van der Waals surface area contributed by atoms with Gasteiger partial charge in [-0.3, -0.25) is 4.98 Å². The number of aliphatic hydroxyl groups is 1. The molecule has 5 rings (SSSR count). The Balaban J connectivity index is 0.000000245. The summed E-state index contributed by atoms with van der Waals surface area (Å²) >= 11 is 12.1. The molecule has 4 N–H and O–H groups in total. The Labute approximate surface area is 282 Å². The molecule has 0 bridgehead atoms. The average molecular weight is 688 g/mol. The summed E-state index contributed by atoms with van der Waals surface area (Å²) in [5.74, 6) is -1.65. The first-order valence-corrected chi connectivity index (χ1v) is 15.1. The van der Waals surface area contributed by atoms with Crippen LogP contribution < -0.4 is 21.3 Å². The van der Waals surface area contributed by atoms with Gasteiger partial charge in [0.05, 0.1) is 40.5 Å². The van der Waals surface area contributed by atoms with E-state index in [1.807, 2.05) is 39.3 Å². The van der Waals surface area contributed by atoms with Crippen molar-refractivity contribution in [2.24, 2.45) is 5.73 Å². The molecule has 1 radical (unpaired) electrons. The fourth-order valence-corrected chi connectivity index (χ4v) is 5.36. The maximum absolute atomic E-state index is 13.9. The van der Waals surface area contributed by atoms with E-state index in [9.17, 15) is 17.6 Å². The smallest absolute Gasteiger partial charge is 0.398 e. The van der Waals surface area contributed by atoms with E-state index in [0.29, 0.717) is 28.3 Å². The standard InChI is InChI=1S/C18H17BClF4N2.C13H12ClNO2.C3H5N/c1-9-7-19-15-11(9)6-14(12(8-25-2)18(22,23)24)26-17(15)10-4-3-5-13(21)16(10)20;1-8-11(14)7-10-5-9(3-4-16)6-12(17-2)13(10)15-8;1-2-3-4/h3-6,9,12,25H,7-8H2,1-2H3;3-7,16H,1-2H3;3H,1,4H2. The summed E-state index contributed by atoms with van der Waals surface area (Å²) in [5.41, 5.74) is 11.5. The molecule has 247 valence electrons. The van der Waals surface area contributed by atoms with Crippen LogP contribution in [0.5, 0.6) is 5.75 Å². The summed E-state index contributed by atoms with van der Waals surface area (Å²) < 4.78 is 59.8. The van der Waals surface area contributed by atoms with Crippen LogP contribution in [0.15, 0.2) is 67.2 Å². The van der Waals surface area contributed by atoms with Crippen LogP contribution in [0.4, 0.5) is 17.6 Å². The molecule has 2 aromatic heterocycles. The van der Waals surface area contributed by atoms with E-state index >= 15 is 0 Å². The third-order valence-electron chi connectivity index (χ3n) is 7.32. The molecule has 3 heterocycles. The van der Waals surface area contributed by atoms with Crippen molar-refractivity contribution >= 4 is 52.9 Å². The number of hydrogen-bond donors (Lipinski definition) is 3. The van der Waals surface area contributed by atoms with Gasteiger partial charge in [-0.25, -0.2) is 9.37 Å². The van der Waals surface area contributed by atoms with E-state index in [4.69, 9.17) is 38.8 Å². The molecule has 2 unspecified atom stereocenters. The van der Waals surface area contributed by atoms with E-state index in [1.54, 1.807) is 19.3 Å². The lowest BCUT2D eigenvalue weighted by Crippen LogP contribution is -2.32. The number of nitrogens with one attached hydrogen (secondary N) is 1. The molecular formula is C34H34BCl2F4N4O2. The molecule has 2 aromatic carbocycles. The van der Waals surface area contributed by atoms with Crippen LogP contribution in [0.1, 0.15) is 41.3 Å². The maximum Gasteiger partial charge on any atom is 0.398 e. The lowest BCUT2D eigenvalue weighted by Gasteiger charge is -2.22. The van der Waals surface area contributed by atoms with Gasteiger partial charge in [-0.05, 0) is 67.4 Å². The third kappa shape index (κ3) is 9.08. The zero-order valence-electron chi connectivity index (χ0n) is 26.2. The highest BCUT2D eigenvalue weighted by atomic mass is 35.5. The average Bonchev–Trinajstić information content (AvgIpc) is 3.41. The largest absolute Gasteiger partial charge is 0.516 e. The lowest BCUT2D eigenvalue weighted by molar-refractivity contribution is -0.150. The van der Waals surface area contributed by atoms with Crippen molar-refractivity contribution in [1.82, 2.24) is 15.3 Å². The number of fused-ring (bicyclic) bond motifs is 2. The van der Waals surface area contributed by atoms with Crippen molar-refractivity contribution in [1.29, 1.82) is 0 Å². The monoisotopic (exact) mass is 687 g/mol. The summed E-state index contributed by atoms with van der Waals surface area (Å²) in [6.07, 6.45) is 0.0848. The van der Waals surface area contributed by atoms with Crippen LogP contribution in [-0.4, -0.2) is 49.2 Å². The minimum absolute atomic E-state index is 0.0707. The van der Waals surface area contributed by atoms with E-state index in [2.05, 4.69) is 27.6 Å². The highest BCUT2D eigenvalue weighted by Gasteiger charge is 2.42. The Morgan fingerprint density at radius 2 is 1.94 bits per heavy atom. The number of halogens is 6. The second-order valence-electron chi connectivity index (χ2n) is 10.5. The molecule has 1 aliphatic rings. The predicted molar refractivity (Wildman–Crippen MR) is 184 cm³/mol. The van der Waals surface area contributed by atoms with Gasteiger partial charge >= 0.3 is 6.18 Å². The van der Waals surface area contributed by atoms with Crippen LogP contribution in [0.2, 0.25) is 16.4 Å². The van der Waals surface area contributed by atoms with Crippen molar-refractivity contribution in [3.8, 4) is 17.0 Å². The quantitative estimate of drug-likeness (QED) is 0.0818. The summed E-state index contributed by atoms with van der Waals surface area (Å²) in [5, 5.41) is 12.7. The first kappa shape index (κ1) is 37.4. The molecule has 0 aliphatic carbocycles. The fourth-order valence-electron chi connectivity index (χ4n) is 4.98. The van der Waals surface area contributed by atoms with Crippen LogP contribution >= 0.6 is 23.2 Å². The number of alkyl halides is 3. The van der Waals surface area contributed by atoms with Gasteiger partial charge in [-0.1, -0.05) is 60.6 Å². The van der Waals surface area contributed by atoms with Crippen molar-refractivity contribution < 1.29 is 27.4 Å². The number of aliphatic hydroxyl groups excluding tert-OH is 1. The SMILES string of the molecule is C=C=CN.CNCC(c1cc2c(c(-c3cccc(F)c3Cl)n1)[B]CC2C)C(F)(F)F.COc1cc(C=CO)cc2cc(Cl)c(C)nc12. The number of pyridine rings is 2. The predicted octanol–water partition coefficient (Wildman–Crippen LogP) is 8.25. The summed E-state index contributed by atoms with van der Waals surface area (Å²) in [6.45, 7) is 6.68. The first-order valence-electron chi connectivity index (χ1n) is 14.4. The van der Waals surface area contributed by atoms with Crippen LogP contribution in [0.3, 0.4) is 0 Å². The third-order valence-corrected chi connectivity index (χ3v) is 8.09. The van der Waals surface area contributed by atoms with E-state index in [0.717, 1.165) is 39.4 Å². The van der Waals surface area contributed by atoms with Gasteiger partial charge in [0.2, 0.25) is 0 Å². The van der Waals surface area contributed by atoms with E-state index in [1.165, 1.54) is 31.4 Å². The van der Waals surface area contributed by atoms with Gasteiger partial charge < -0.3 is 20.9 Å². The summed E-state index contributed by atoms with van der Waals surface area (Å²) in [4.78, 5) is 8.70. The van der Waals surface area contributed by atoms with Crippen molar-refractivity contribution in [2.45, 2.75) is 38.2 Å². The maximum atomic E-state index is 13.9. The Morgan fingerprint density at radius 1 is 1.23 bits per heavy atom. The molecule has 0 spiro atoms. The molecule has 47 heavy (non-hydrogen) atoms. The lowest BCUT2D eigenvalue weighted by atomic mass is 9.70. The summed E-state index contributed by atoms with van der Waals surface area (Å²) in [6, 6.07) is 11.3. The Kier molecular flexibility index (Phi) is 13.3. The van der Waals surface area contributed by atoms with Gasteiger partial charge in [-0.15, -0.1) is 5.73 Å². The molecule has 0 saturated heterocycles. The summed E-state index contributed by atoms with van der Waals surface area (Å²) in [7, 11) is 4.98. The van der Waals surface area contributed by atoms with Gasteiger partial charge in [0.1, 0.15) is 23.0 Å². The van der Waals surface area contributed by atoms with Gasteiger partial charge in [0.25, 0.3) is 0 Å². The van der Waals surface area contributed by atoms with Crippen molar-refractivity contribution in [2.75, 3.05) is 20.7 Å². The number of benzene rings is 2. The van der Waals surface area contributed by atoms with E-state index < -0.39 is 17.9 Å². The number of likely N-dealkylation sites (N-methyl/N-ethyl adjacent to an activating group) is 1. The Bertz CT molecular complexity index is 1800. The number of rotatable bonds is 6. The number of ether oxygens (including phenoxy) is 1. The second-order valence-corrected chi connectivity index (χ2v) is 11.3. The normalized spacial score (nSPS) is 14.2. The number of aryl methyl sites for hydroxylation is 1. The minimum atomic E-state index is -4.45. The Morgan fingerprint density at radius 3 is 2.53 bits per heavy atom. The number of hydrogen-bond acceptors (Lipinski definition) is 6. The molecule has 0 saturated carbocycles. The zero-order chi connectivity index (χ0) is 34.9. The van der Waals surface area contributed by atoms with Crippen LogP contribution in [0, 0.1) is 12.7 Å². The highest BCUT2D eigenvalue weighted by Crippen LogP contribution is 2.38. The zero-order valence-corrected chi connectivity index (χ0v) is 27.7. The molecule has 0 fully saturated rings. The van der Waals surface area contributed by atoms with Crippen LogP contribution in [-0.2, 0) is 0 Å². The number of methoxy groups -OCH3 is 1. The molecule has 4 aromatic rings. The van der Waals surface area contributed by atoms with E-state index in [-0.39, 0.29) is 23.2 Å². The topological polar surface area (TPSA) is 93.3 Å². The van der Waals surface area contributed by atoms with Crippen molar-refractivity contribution in [3.05, 3.63) is 106 Å². The molecule has 13 heteroatoms. The molecule has 2 atom stereocenters. The van der Waals surface area contributed by atoms with Crippen LogP contribution in [0.25, 0.3) is 28.2 Å². The minimum Gasteiger partial charge on any atom is -0.516 e. The highest BCUT2D eigenvalue weighted by molar-refractivity contribution is 6.58. The number of aromatic nitrogens is 2. The van der Waals surface area contributed by atoms with Gasteiger partial charge in [0, 0.05) is 23.7 Å². The Hall–Kier alpha value is -4.02. The first-order chi connectivity index (χ1) is 22.3.